The van der Waals surface area contributed by atoms with Gasteiger partial charge in [-0.05, 0) is 53.6 Å². The Balaban J connectivity index is 1.33. The van der Waals surface area contributed by atoms with Crippen molar-refractivity contribution in [2.75, 3.05) is 20.4 Å². The molecule has 0 aliphatic carbocycles. The van der Waals surface area contributed by atoms with E-state index in [4.69, 9.17) is 14.2 Å². The summed E-state index contributed by atoms with van der Waals surface area (Å²) in [5.74, 6) is 1.68. The molecule has 2 aromatic carbocycles. The number of carbonyl (C=O) groups excluding carboxylic acids is 2. The average molecular weight is 395 g/mol. The second kappa shape index (κ2) is 8.14. The molecule has 0 radical (unpaired) electrons. The molecule has 0 saturated heterocycles. The van der Waals surface area contributed by atoms with Gasteiger partial charge in [-0.15, -0.1) is 0 Å². The van der Waals surface area contributed by atoms with E-state index in [0.29, 0.717) is 18.0 Å². The summed E-state index contributed by atoms with van der Waals surface area (Å²) < 4.78 is 15.8. The summed E-state index contributed by atoms with van der Waals surface area (Å²) >= 11 is 0. The zero-order chi connectivity index (χ0) is 20.2. The first-order valence-corrected chi connectivity index (χ1v) is 9.19. The Labute approximate surface area is 168 Å². The number of methoxy groups -OCH3 is 1. The first-order valence-electron chi connectivity index (χ1n) is 9.19. The third kappa shape index (κ3) is 4.26. The van der Waals surface area contributed by atoms with Crippen LogP contribution in [-0.4, -0.2) is 37.3 Å². The topological polar surface area (TPSA) is 89.1 Å². The number of fused-ring (bicyclic) bond motifs is 1. The molecule has 2 aliphatic heterocycles. The van der Waals surface area contributed by atoms with Gasteiger partial charge in [0, 0.05) is 13.0 Å². The third-order valence-corrected chi connectivity index (χ3v) is 4.67. The van der Waals surface area contributed by atoms with Crippen molar-refractivity contribution in [2.45, 2.75) is 13.0 Å². The lowest BCUT2D eigenvalue weighted by molar-refractivity contribution is -0.137. The Morgan fingerprint density at radius 3 is 2.76 bits per heavy atom. The van der Waals surface area contributed by atoms with Crippen molar-refractivity contribution >= 4 is 17.5 Å². The van der Waals surface area contributed by atoms with Gasteiger partial charge in [0.1, 0.15) is 12.3 Å². The quantitative estimate of drug-likeness (QED) is 0.776. The van der Waals surface area contributed by atoms with E-state index in [9.17, 15) is 9.59 Å². The maximum absolute atomic E-state index is 12.4. The van der Waals surface area contributed by atoms with Gasteiger partial charge in [0.05, 0.1) is 12.8 Å². The third-order valence-electron chi connectivity index (χ3n) is 4.67. The molecule has 0 aromatic heterocycles. The highest BCUT2D eigenvalue weighted by atomic mass is 16.7. The summed E-state index contributed by atoms with van der Waals surface area (Å²) in [6.45, 7) is 0.452. The highest BCUT2D eigenvalue weighted by Gasteiger charge is 2.22. The zero-order valence-corrected chi connectivity index (χ0v) is 15.9. The Hall–Kier alpha value is -3.68. The van der Waals surface area contributed by atoms with Gasteiger partial charge in [-0.25, -0.2) is 5.01 Å². The van der Waals surface area contributed by atoms with Crippen molar-refractivity contribution < 1.29 is 23.8 Å². The molecule has 2 amide bonds. The highest BCUT2D eigenvalue weighted by molar-refractivity contribution is 5.88. The normalized spacial score (nSPS) is 14.9. The van der Waals surface area contributed by atoms with Gasteiger partial charge in [-0.2, -0.15) is 0 Å². The molecule has 0 spiro atoms. The van der Waals surface area contributed by atoms with Crippen molar-refractivity contribution in [2.24, 2.45) is 0 Å². The van der Waals surface area contributed by atoms with Gasteiger partial charge in [-0.1, -0.05) is 6.07 Å². The molecular formula is C21H21N3O5. The summed E-state index contributed by atoms with van der Waals surface area (Å²) in [6.07, 6.45) is 2.04. The van der Waals surface area contributed by atoms with Gasteiger partial charge in [0.2, 0.25) is 18.6 Å². The minimum Gasteiger partial charge on any atom is -0.497 e. The van der Waals surface area contributed by atoms with Crippen molar-refractivity contribution in [3.8, 4) is 17.2 Å². The van der Waals surface area contributed by atoms with Gasteiger partial charge < -0.3 is 19.5 Å². The molecule has 0 fully saturated rings. The van der Waals surface area contributed by atoms with E-state index in [0.717, 1.165) is 22.6 Å². The second-order valence-electron chi connectivity index (χ2n) is 6.61. The van der Waals surface area contributed by atoms with Crippen molar-refractivity contribution in [1.29, 1.82) is 0 Å². The van der Waals surface area contributed by atoms with Crippen LogP contribution < -0.4 is 25.0 Å². The lowest BCUT2D eigenvalue weighted by Crippen LogP contribution is -2.49. The number of benzene rings is 2. The van der Waals surface area contributed by atoms with Crippen LogP contribution in [0.2, 0.25) is 0 Å². The van der Waals surface area contributed by atoms with Crippen LogP contribution in [0.25, 0.3) is 5.70 Å². The maximum Gasteiger partial charge on any atom is 0.245 e. The van der Waals surface area contributed by atoms with Crippen LogP contribution in [0.4, 0.5) is 0 Å². The molecule has 4 rings (SSSR count). The summed E-state index contributed by atoms with van der Waals surface area (Å²) in [6, 6.07) is 13.0. The van der Waals surface area contributed by atoms with E-state index in [2.05, 4.69) is 10.7 Å². The van der Waals surface area contributed by atoms with Gasteiger partial charge in [0.15, 0.2) is 11.5 Å². The van der Waals surface area contributed by atoms with Crippen molar-refractivity contribution in [3.63, 3.8) is 0 Å². The molecule has 2 heterocycles. The predicted molar refractivity (Wildman–Crippen MR) is 105 cm³/mol. The number of amides is 2. The van der Waals surface area contributed by atoms with E-state index < -0.39 is 0 Å². The van der Waals surface area contributed by atoms with Crippen LogP contribution in [0.1, 0.15) is 17.5 Å². The second-order valence-corrected chi connectivity index (χ2v) is 6.61. The van der Waals surface area contributed by atoms with E-state index in [-0.39, 0.29) is 31.6 Å². The molecule has 8 heteroatoms. The number of hydrogen-bond donors (Lipinski definition) is 2. The molecule has 0 saturated carbocycles. The van der Waals surface area contributed by atoms with Crippen LogP contribution in [0, 0.1) is 0 Å². The van der Waals surface area contributed by atoms with Crippen LogP contribution in [0.5, 0.6) is 17.2 Å². The molecule has 2 aromatic rings. The first kappa shape index (κ1) is 18.7. The molecule has 0 atom stereocenters. The summed E-state index contributed by atoms with van der Waals surface area (Å²) in [7, 11) is 1.61. The van der Waals surface area contributed by atoms with E-state index in [1.165, 1.54) is 5.01 Å². The maximum atomic E-state index is 12.4. The fraction of sp³-hybridized carbons (Fsp3) is 0.238. The standard InChI is InChI=1S/C21H21N3O5/c1-27-16-5-3-15(4-6-16)17-7-9-21(26)24(23-17)12-20(25)22-11-14-2-8-18-19(10-14)29-13-28-18/h2-8,10,23H,9,11-13H2,1H3,(H,22,25). The van der Waals surface area contributed by atoms with Crippen LogP contribution >= 0.6 is 0 Å². The summed E-state index contributed by atoms with van der Waals surface area (Å²) in [4.78, 5) is 24.6. The van der Waals surface area contributed by atoms with E-state index in [1.54, 1.807) is 7.11 Å². The number of nitrogens with one attached hydrogen (secondary N) is 2. The minimum absolute atomic E-state index is 0.0864. The lowest BCUT2D eigenvalue weighted by atomic mass is 10.1. The molecule has 2 N–H and O–H groups in total. The molecule has 29 heavy (non-hydrogen) atoms. The minimum atomic E-state index is -0.264. The van der Waals surface area contributed by atoms with Gasteiger partial charge in [0.25, 0.3) is 0 Å². The Morgan fingerprint density at radius 1 is 1.17 bits per heavy atom. The smallest absolute Gasteiger partial charge is 0.245 e. The number of hydrogen-bond acceptors (Lipinski definition) is 6. The lowest BCUT2D eigenvalue weighted by Gasteiger charge is -2.29. The van der Waals surface area contributed by atoms with E-state index in [1.807, 2.05) is 48.5 Å². The first-order chi connectivity index (χ1) is 14.1. The van der Waals surface area contributed by atoms with Crippen molar-refractivity contribution in [1.82, 2.24) is 15.8 Å². The fourth-order valence-corrected chi connectivity index (χ4v) is 3.08. The number of hydrazine groups is 1. The number of rotatable bonds is 6. The monoisotopic (exact) mass is 395 g/mol. The summed E-state index contributed by atoms with van der Waals surface area (Å²) in [5, 5.41) is 4.15. The zero-order valence-electron chi connectivity index (χ0n) is 15.9. The molecule has 0 bridgehead atoms. The van der Waals surface area contributed by atoms with E-state index >= 15 is 0 Å². The predicted octanol–water partition coefficient (Wildman–Crippen LogP) is 1.82. The van der Waals surface area contributed by atoms with Crippen LogP contribution in [-0.2, 0) is 16.1 Å². The summed E-state index contributed by atoms with van der Waals surface area (Å²) in [5.41, 5.74) is 5.60. The molecular weight excluding hydrogens is 374 g/mol. The SMILES string of the molecule is COc1ccc(C2=CCC(=O)N(CC(=O)NCc3ccc4c(c3)OCO4)N2)cc1. The largest absolute Gasteiger partial charge is 0.497 e. The van der Waals surface area contributed by atoms with Crippen LogP contribution in [0.3, 0.4) is 0 Å². The number of nitrogens with zero attached hydrogens (tertiary/aromatic N) is 1. The van der Waals surface area contributed by atoms with Crippen LogP contribution in [0.15, 0.2) is 48.5 Å². The fourth-order valence-electron chi connectivity index (χ4n) is 3.08. The van der Waals surface area contributed by atoms with Gasteiger partial charge in [-0.3, -0.25) is 15.0 Å². The molecule has 8 nitrogen and oxygen atoms in total. The van der Waals surface area contributed by atoms with Gasteiger partial charge >= 0.3 is 0 Å². The average Bonchev–Trinajstić information content (AvgIpc) is 3.22. The Bertz CT molecular complexity index is 955. The number of carbonyl (C=O) groups is 2. The Morgan fingerprint density at radius 2 is 1.97 bits per heavy atom. The molecule has 150 valence electrons. The molecule has 0 unspecified atom stereocenters. The highest BCUT2D eigenvalue weighted by Crippen LogP contribution is 2.32. The number of ether oxygens (including phenoxy) is 3. The molecule has 2 aliphatic rings. The van der Waals surface area contributed by atoms with Crippen molar-refractivity contribution in [3.05, 3.63) is 59.7 Å². The Kier molecular flexibility index (Phi) is 5.24.